The molecule has 0 radical (unpaired) electrons. The minimum atomic E-state index is -0.120. The monoisotopic (exact) mass is 324 g/mol. The van der Waals surface area contributed by atoms with E-state index in [1.54, 1.807) is 0 Å². The van der Waals surface area contributed by atoms with Gasteiger partial charge in [-0.1, -0.05) is 60.7 Å². The third-order valence-corrected chi connectivity index (χ3v) is 5.25. The van der Waals surface area contributed by atoms with Gasteiger partial charge in [0.25, 0.3) is 0 Å². The first-order valence-electron chi connectivity index (χ1n) is 8.82. The highest BCUT2D eigenvalue weighted by Crippen LogP contribution is 2.37. The van der Waals surface area contributed by atoms with Crippen molar-refractivity contribution in [2.75, 3.05) is 6.54 Å². The molecule has 2 aromatic rings. The van der Waals surface area contributed by atoms with Crippen LogP contribution in [0, 0.1) is 0 Å². The standard InChI is InChI=1S/C21H28N2O/c1-17-13-21(16-22,18(2)24-17)23(14-19-9-5-3-6-10-19)15-20-11-7-4-8-12-20/h3-12,17-18H,13-16,22H2,1-2H3. The van der Waals surface area contributed by atoms with Crippen LogP contribution in [-0.4, -0.2) is 29.2 Å². The predicted octanol–water partition coefficient (Wildman–Crippen LogP) is 3.58. The smallest absolute Gasteiger partial charge is 0.0747 e. The molecule has 2 N–H and O–H groups in total. The predicted molar refractivity (Wildman–Crippen MR) is 98.5 cm³/mol. The molecule has 1 aliphatic rings. The Morgan fingerprint density at radius 2 is 1.46 bits per heavy atom. The van der Waals surface area contributed by atoms with Crippen LogP contribution in [0.4, 0.5) is 0 Å². The Balaban J connectivity index is 1.91. The second-order valence-electron chi connectivity index (χ2n) is 6.93. The third-order valence-electron chi connectivity index (χ3n) is 5.25. The van der Waals surface area contributed by atoms with E-state index in [0.29, 0.717) is 6.54 Å². The zero-order valence-electron chi connectivity index (χ0n) is 14.7. The van der Waals surface area contributed by atoms with Crippen molar-refractivity contribution in [1.82, 2.24) is 4.90 Å². The zero-order chi connectivity index (χ0) is 17.0. The molecular formula is C21H28N2O. The maximum atomic E-state index is 6.31. The molecule has 0 aliphatic carbocycles. The van der Waals surface area contributed by atoms with E-state index in [4.69, 9.17) is 10.5 Å². The fraction of sp³-hybridized carbons (Fsp3) is 0.429. The summed E-state index contributed by atoms with van der Waals surface area (Å²) in [6, 6.07) is 21.3. The van der Waals surface area contributed by atoms with Crippen LogP contribution in [-0.2, 0) is 17.8 Å². The average Bonchev–Trinajstić information content (AvgIpc) is 2.91. The number of benzene rings is 2. The molecular weight excluding hydrogens is 296 g/mol. The van der Waals surface area contributed by atoms with Gasteiger partial charge in [0.15, 0.2) is 0 Å². The van der Waals surface area contributed by atoms with Gasteiger partial charge in [-0.05, 0) is 31.4 Å². The largest absolute Gasteiger partial charge is 0.374 e. The van der Waals surface area contributed by atoms with Gasteiger partial charge in [-0.3, -0.25) is 4.90 Å². The molecule has 1 aliphatic heterocycles. The summed E-state index contributed by atoms with van der Waals surface area (Å²) in [7, 11) is 0. The number of rotatable bonds is 6. The van der Waals surface area contributed by atoms with E-state index >= 15 is 0 Å². The Morgan fingerprint density at radius 1 is 0.958 bits per heavy atom. The maximum absolute atomic E-state index is 6.31. The highest BCUT2D eigenvalue weighted by atomic mass is 16.5. The summed E-state index contributed by atoms with van der Waals surface area (Å²) in [5.41, 5.74) is 8.81. The van der Waals surface area contributed by atoms with Gasteiger partial charge >= 0.3 is 0 Å². The lowest BCUT2D eigenvalue weighted by Gasteiger charge is -2.43. The van der Waals surface area contributed by atoms with Crippen molar-refractivity contribution in [1.29, 1.82) is 0 Å². The number of hydrogen-bond donors (Lipinski definition) is 1. The summed E-state index contributed by atoms with van der Waals surface area (Å²) in [6.45, 7) is 6.69. The van der Waals surface area contributed by atoms with Crippen molar-refractivity contribution in [2.45, 2.75) is 51.1 Å². The minimum absolute atomic E-state index is 0.120. The third kappa shape index (κ3) is 3.54. The average molecular weight is 324 g/mol. The molecule has 3 nitrogen and oxygen atoms in total. The lowest BCUT2D eigenvalue weighted by molar-refractivity contribution is -0.00767. The highest BCUT2D eigenvalue weighted by Gasteiger charge is 2.47. The summed E-state index contributed by atoms with van der Waals surface area (Å²) in [4.78, 5) is 2.52. The number of nitrogens with two attached hydrogens (primary N) is 1. The summed E-state index contributed by atoms with van der Waals surface area (Å²) < 4.78 is 6.10. The lowest BCUT2D eigenvalue weighted by Crippen LogP contribution is -2.57. The van der Waals surface area contributed by atoms with E-state index < -0.39 is 0 Å². The second-order valence-corrected chi connectivity index (χ2v) is 6.93. The van der Waals surface area contributed by atoms with Crippen LogP contribution < -0.4 is 5.73 Å². The van der Waals surface area contributed by atoms with Gasteiger partial charge in [0, 0.05) is 19.6 Å². The molecule has 3 heteroatoms. The van der Waals surface area contributed by atoms with Crippen molar-refractivity contribution < 1.29 is 4.74 Å². The van der Waals surface area contributed by atoms with Gasteiger partial charge in [0.2, 0.25) is 0 Å². The molecule has 128 valence electrons. The molecule has 0 bridgehead atoms. The van der Waals surface area contributed by atoms with Crippen LogP contribution in [0.1, 0.15) is 31.4 Å². The number of nitrogens with zero attached hydrogens (tertiary/aromatic N) is 1. The van der Waals surface area contributed by atoms with E-state index in [2.05, 4.69) is 79.4 Å². The van der Waals surface area contributed by atoms with Crippen LogP contribution in [0.15, 0.2) is 60.7 Å². The van der Waals surface area contributed by atoms with Crippen molar-refractivity contribution in [3.8, 4) is 0 Å². The second kappa shape index (κ2) is 7.47. The maximum Gasteiger partial charge on any atom is 0.0747 e. The first-order valence-corrected chi connectivity index (χ1v) is 8.82. The SMILES string of the molecule is CC1CC(CN)(N(Cc2ccccc2)Cc2ccccc2)C(C)O1. The lowest BCUT2D eigenvalue weighted by atomic mass is 9.87. The van der Waals surface area contributed by atoms with Crippen molar-refractivity contribution in [3.05, 3.63) is 71.8 Å². The van der Waals surface area contributed by atoms with E-state index in [9.17, 15) is 0 Å². The summed E-state index contributed by atoms with van der Waals surface area (Å²) in [5.74, 6) is 0. The minimum Gasteiger partial charge on any atom is -0.374 e. The molecule has 2 aromatic carbocycles. The number of ether oxygens (including phenoxy) is 1. The molecule has 3 atom stereocenters. The van der Waals surface area contributed by atoms with E-state index in [-0.39, 0.29) is 17.7 Å². The van der Waals surface area contributed by atoms with Gasteiger partial charge < -0.3 is 10.5 Å². The van der Waals surface area contributed by atoms with Crippen LogP contribution in [0.25, 0.3) is 0 Å². The molecule has 1 heterocycles. The van der Waals surface area contributed by atoms with Gasteiger partial charge in [0.05, 0.1) is 17.7 Å². The molecule has 24 heavy (non-hydrogen) atoms. The van der Waals surface area contributed by atoms with Crippen LogP contribution in [0.3, 0.4) is 0 Å². The van der Waals surface area contributed by atoms with E-state index in [0.717, 1.165) is 19.5 Å². The van der Waals surface area contributed by atoms with Crippen molar-refractivity contribution in [3.63, 3.8) is 0 Å². The van der Waals surface area contributed by atoms with Crippen LogP contribution >= 0.6 is 0 Å². The molecule has 3 unspecified atom stereocenters. The molecule has 0 saturated carbocycles. The topological polar surface area (TPSA) is 38.5 Å². The molecule has 1 saturated heterocycles. The van der Waals surface area contributed by atoms with Gasteiger partial charge in [0.1, 0.15) is 0 Å². The van der Waals surface area contributed by atoms with E-state index in [1.165, 1.54) is 11.1 Å². The summed E-state index contributed by atoms with van der Waals surface area (Å²) >= 11 is 0. The Hall–Kier alpha value is -1.68. The normalized spacial score (nSPS) is 26.8. The van der Waals surface area contributed by atoms with E-state index in [1.807, 2.05) is 0 Å². The fourth-order valence-electron chi connectivity index (χ4n) is 3.93. The fourth-order valence-corrected chi connectivity index (χ4v) is 3.93. The van der Waals surface area contributed by atoms with Crippen molar-refractivity contribution in [2.24, 2.45) is 5.73 Å². The van der Waals surface area contributed by atoms with Gasteiger partial charge in [-0.25, -0.2) is 0 Å². The Morgan fingerprint density at radius 3 is 1.83 bits per heavy atom. The molecule has 3 rings (SSSR count). The summed E-state index contributed by atoms with van der Waals surface area (Å²) in [6.07, 6.45) is 1.35. The molecule has 0 spiro atoms. The molecule has 0 amide bonds. The van der Waals surface area contributed by atoms with Gasteiger partial charge in [-0.15, -0.1) is 0 Å². The molecule has 0 aromatic heterocycles. The summed E-state index contributed by atoms with van der Waals surface area (Å²) in [5, 5.41) is 0. The Labute approximate surface area is 145 Å². The van der Waals surface area contributed by atoms with Gasteiger partial charge in [-0.2, -0.15) is 0 Å². The quantitative estimate of drug-likeness (QED) is 0.882. The zero-order valence-corrected chi connectivity index (χ0v) is 14.7. The highest BCUT2D eigenvalue weighted by molar-refractivity contribution is 5.19. The van der Waals surface area contributed by atoms with Crippen LogP contribution in [0.2, 0.25) is 0 Å². The Bertz CT molecular complexity index is 589. The van der Waals surface area contributed by atoms with Crippen molar-refractivity contribution >= 4 is 0 Å². The van der Waals surface area contributed by atoms with Crippen LogP contribution in [0.5, 0.6) is 0 Å². The number of hydrogen-bond acceptors (Lipinski definition) is 3. The molecule has 1 fully saturated rings. The first-order chi connectivity index (χ1) is 11.6. The first kappa shape index (κ1) is 17.2. The Kier molecular flexibility index (Phi) is 5.34.